The Hall–Kier alpha value is -2.95. The predicted molar refractivity (Wildman–Crippen MR) is 88.0 cm³/mol. The van der Waals surface area contributed by atoms with E-state index in [1.807, 2.05) is 26.8 Å². The van der Waals surface area contributed by atoms with Crippen molar-refractivity contribution in [1.29, 1.82) is 5.26 Å². The molecule has 136 valence electrons. The third kappa shape index (κ3) is 2.90. The maximum atomic E-state index is 12.9. The molecule has 0 spiro atoms. The van der Waals surface area contributed by atoms with E-state index in [1.54, 1.807) is 0 Å². The number of nitriles is 1. The van der Waals surface area contributed by atoms with Crippen molar-refractivity contribution in [3.8, 4) is 11.9 Å². The Balaban J connectivity index is 2.19. The fourth-order valence-corrected chi connectivity index (χ4v) is 3.01. The number of hydrogen-bond donors (Lipinski definition) is 2. The van der Waals surface area contributed by atoms with Gasteiger partial charge >= 0.3 is 6.18 Å². The number of benzene rings is 1. The molecule has 0 saturated heterocycles. The average Bonchev–Trinajstić information content (AvgIpc) is 2.96. The van der Waals surface area contributed by atoms with E-state index >= 15 is 0 Å². The number of aromatic nitrogens is 2. The Bertz CT molecular complexity index is 912. The molecule has 0 unspecified atom stereocenters. The van der Waals surface area contributed by atoms with Crippen LogP contribution in [0.2, 0.25) is 0 Å². The van der Waals surface area contributed by atoms with Crippen molar-refractivity contribution in [2.75, 3.05) is 0 Å². The molecular formula is C18H17F3N4O. The van der Waals surface area contributed by atoms with Crippen LogP contribution in [0.3, 0.4) is 0 Å². The van der Waals surface area contributed by atoms with Crippen molar-refractivity contribution >= 4 is 0 Å². The number of fused-ring (bicyclic) bond motifs is 1. The Morgan fingerprint density at radius 2 is 1.81 bits per heavy atom. The lowest BCUT2D eigenvalue weighted by Gasteiger charge is -2.27. The molecule has 1 atom stereocenters. The molecule has 3 rings (SSSR count). The standard InChI is InChI=1S/C18H17F3N4O/c1-17(2,3)14-13-12(9-4-6-10(7-5-9)18(19,20)21)11(8-22)15(23)26-16(13)25-24-14/h4-7,12H,23H2,1-3H3,(H,24,25)/t12-/m1/s1. The highest BCUT2D eigenvalue weighted by molar-refractivity contribution is 5.56. The molecule has 8 heteroatoms. The molecule has 1 aliphatic rings. The van der Waals surface area contributed by atoms with Gasteiger partial charge in [0.1, 0.15) is 11.6 Å². The van der Waals surface area contributed by atoms with Gasteiger partial charge in [0.2, 0.25) is 11.8 Å². The zero-order valence-corrected chi connectivity index (χ0v) is 14.4. The van der Waals surface area contributed by atoms with Crippen LogP contribution in [-0.2, 0) is 11.6 Å². The molecule has 26 heavy (non-hydrogen) atoms. The van der Waals surface area contributed by atoms with E-state index in [4.69, 9.17) is 10.5 Å². The normalized spacial score (nSPS) is 17.5. The lowest BCUT2D eigenvalue weighted by molar-refractivity contribution is -0.137. The number of halogens is 3. The first-order valence-electron chi connectivity index (χ1n) is 7.87. The molecule has 1 aromatic carbocycles. The summed E-state index contributed by atoms with van der Waals surface area (Å²) in [5.41, 5.74) is 6.75. The molecular weight excluding hydrogens is 345 g/mol. The van der Waals surface area contributed by atoms with Crippen molar-refractivity contribution in [1.82, 2.24) is 10.2 Å². The highest BCUT2D eigenvalue weighted by atomic mass is 19.4. The van der Waals surface area contributed by atoms with Gasteiger partial charge in [-0.2, -0.15) is 18.4 Å². The van der Waals surface area contributed by atoms with Crippen molar-refractivity contribution in [2.45, 2.75) is 38.3 Å². The number of rotatable bonds is 1. The summed E-state index contributed by atoms with van der Waals surface area (Å²) in [4.78, 5) is 0. The van der Waals surface area contributed by atoms with Crippen LogP contribution >= 0.6 is 0 Å². The van der Waals surface area contributed by atoms with Crippen molar-refractivity contribution in [3.05, 3.63) is 58.1 Å². The summed E-state index contributed by atoms with van der Waals surface area (Å²) in [6.07, 6.45) is -4.43. The predicted octanol–water partition coefficient (Wildman–Crippen LogP) is 3.94. The van der Waals surface area contributed by atoms with Crippen LogP contribution in [0.25, 0.3) is 0 Å². The van der Waals surface area contributed by atoms with Gasteiger partial charge in [0, 0.05) is 11.1 Å². The summed E-state index contributed by atoms with van der Waals surface area (Å²) in [6, 6.07) is 6.71. The first-order chi connectivity index (χ1) is 12.0. The zero-order valence-electron chi connectivity index (χ0n) is 14.4. The molecule has 5 nitrogen and oxygen atoms in total. The summed E-state index contributed by atoms with van der Waals surface area (Å²) in [7, 11) is 0. The minimum Gasteiger partial charge on any atom is -0.420 e. The van der Waals surface area contributed by atoms with Gasteiger partial charge < -0.3 is 10.5 Å². The maximum Gasteiger partial charge on any atom is 0.416 e. The topological polar surface area (TPSA) is 87.7 Å². The van der Waals surface area contributed by atoms with Gasteiger partial charge in [0.05, 0.1) is 17.0 Å². The van der Waals surface area contributed by atoms with Crippen molar-refractivity contribution in [3.63, 3.8) is 0 Å². The summed E-state index contributed by atoms with van der Waals surface area (Å²) in [5.74, 6) is -0.521. The number of hydrogen-bond acceptors (Lipinski definition) is 4. The monoisotopic (exact) mass is 362 g/mol. The van der Waals surface area contributed by atoms with Gasteiger partial charge in [0.25, 0.3) is 0 Å². The SMILES string of the molecule is CC(C)(C)c1[nH]nc2c1[C@H](c1ccc(C(F)(F)F)cc1)C(C#N)=C(N)O2. The Kier molecular flexibility index (Phi) is 3.98. The molecule has 0 aliphatic carbocycles. The molecule has 2 heterocycles. The molecule has 0 radical (unpaired) electrons. The lowest BCUT2D eigenvalue weighted by Crippen LogP contribution is -2.24. The molecule has 1 aromatic heterocycles. The Morgan fingerprint density at radius 3 is 2.31 bits per heavy atom. The first kappa shape index (κ1) is 17.9. The molecule has 3 N–H and O–H groups in total. The summed E-state index contributed by atoms with van der Waals surface area (Å²) in [5, 5.41) is 16.6. The summed E-state index contributed by atoms with van der Waals surface area (Å²) >= 11 is 0. The number of aromatic amines is 1. The fraction of sp³-hybridized carbons (Fsp3) is 0.333. The van der Waals surface area contributed by atoms with Crippen LogP contribution in [0.15, 0.2) is 35.7 Å². The van der Waals surface area contributed by atoms with E-state index in [9.17, 15) is 18.4 Å². The van der Waals surface area contributed by atoms with Crippen molar-refractivity contribution < 1.29 is 17.9 Å². The van der Waals surface area contributed by atoms with Crippen LogP contribution in [0.5, 0.6) is 5.88 Å². The summed E-state index contributed by atoms with van der Waals surface area (Å²) in [6.45, 7) is 5.87. The average molecular weight is 362 g/mol. The smallest absolute Gasteiger partial charge is 0.416 e. The Labute approximate surface area is 148 Å². The molecule has 0 amide bonds. The van der Waals surface area contributed by atoms with Crippen molar-refractivity contribution in [2.24, 2.45) is 5.73 Å². The number of nitrogens with one attached hydrogen (secondary N) is 1. The highest BCUT2D eigenvalue weighted by Crippen LogP contribution is 2.45. The Morgan fingerprint density at radius 1 is 1.19 bits per heavy atom. The van der Waals surface area contributed by atoms with Gasteiger partial charge in [-0.3, -0.25) is 5.10 Å². The van der Waals surface area contributed by atoms with E-state index in [-0.39, 0.29) is 22.8 Å². The maximum absolute atomic E-state index is 12.9. The van der Waals surface area contributed by atoms with E-state index in [1.165, 1.54) is 12.1 Å². The third-order valence-corrected chi connectivity index (χ3v) is 4.26. The number of ether oxygens (including phenoxy) is 1. The molecule has 0 saturated carbocycles. The number of alkyl halides is 3. The molecule has 1 aliphatic heterocycles. The zero-order chi connectivity index (χ0) is 19.3. The van der Waals surface area contributed by atoms with Gasteiger partial charge in [0.15, 0.2) is 0 Å². The number of nitrogens with zero attached hydrogens (tertiary/aromatic N) is 2. The largest absolute Gasteiger partial charge is 0.420 e. The second-order valence-electron chi connectivity index (χ2n) is 7.11. The molecule has 0 bridgehead atoms. The van der Waals surface area contributed by atoms with Crippen LogP contribution < -0.4 is 10.5 Å². The fourth-order valence-electron chi connectivity index (χ4n) is 3.01. The molecule has 0 fully saturated rings. The van der Waals surface area contributed by atoms with Crippen LogP contribution in [-0.4, -0.2) is 10.2 Å². The van der Waals surface area contributed by atoms with E-state index < -0.39 is 17.7 Å². The van der Waals surface area contributed by atoms with E-state index in [0.717, 1.165) is 17.8 Å². The van der Waals surface area contributed by atoms with Gasteiger partial charge in [-0.15, -0.1) is 5.10 Å². The molecule has 2 aromatic rings. The minimum absolute atomic E-state index is 0.100. The van der Waals surface area contributed by atoms with Crippen LogP contribution in [0, 0.1) is 11.3 Å². The lowest BCUT2D eigenvalue weighted by atomic mass is 9.78. The van der Waals surface area contributed by atoms with Crippen LogP contribution in [0.1, 0.15) is 49.1 Å². The first-order valence-corrected chi connectivity index (χ1v) is 7.87. The van der Waals surface area contributed by atoms with Gasteiger partial charge in [-0.25, -0.2) is 0 Å². The quantitative estimate of drug-likeness (QED) is 0.804. The number of allylic oxidation sites excluding steroid dienone is 1. The number of H-pyrrole nitrogens is 1. The second kappa shape index (κ2) is 5.80. The number of nitrogens with two attached hydrogens (primary N) is 1. The van der Waals surface area contributed by atoms with Gasteiger partial charge in [-0.05, 0) is 17.7 Å². The summed E-state index contributed by atoms with van der Waals surface area (Å²) < 4.78 is 44.0. The van der Waals surface area contributed by atoms with E-state index in [2.05, 4.69) is 10.2 Å². The third-order valence-electron chi connectivity index (χ3n) is 4.26. The highest BCUT2D eigenvalue weighted by Gasteiger charge is 2.38. The van der Waals surface area contributed by atoms with E-state index in [0.29, 0.717) is 11.1 Å². The van der Waals surface area contributed by atoms with Crippen LogP contribution in [0.4, 0.5) is 13.2 Å². The minimum atomic E-state index is -4.43. The van der Waals surface area contributed by atoms with Gasteiger partial charge in [-0.1, -0.05) is 32.9 Å². The second-order valence-corrected chi connectivity index (χ2v) is 7.11.